The molecule has 29 heavy (non-hydrogen) atoms. The van der Waals surface area contributed by atoms with E-state index in [0.29, 0.717) is 38.2 Å². The van der Waals surface area contributed by atoms with Crippen LogP contribution in [-0.2, 0) is 14.6 Å². The molecule has 2 amide bonds. The molecule has 1 aromatic rings. The second kappa shape index (κ2) is 12.2. The Morgan fingerprint density at radius 2 is 2.10 bits per heavy atom. The Labute approximate surface area is 172 Å². The molecule has 1 rings (SSSR count). The van der Waals surface area contributed by atoms with Gasteiger partial charge in [0, 0.05) is 24.9 Å². The first-order valence-electron chi connectivity index (χ1n) is 9.62. The van der Waals surface area contributed by atoms with E-state index in [0.717, 1.165) is 0 Å². The summed E-state index contributed by atoms with van der Waals surface area (Å²) >= 11 is 0. The van der Waals surface area contributed by atoms with Crippen LogP contribution in [0.3, 0.4) is 0 Å². The van der Waals surface area contributed by atoms with Gasteiger partial charge in [-0.3, -0.25) is 5.41 Å². The van der Waals surface area contributed by atoms with E-state index in [1.165, 1.54) is 12.6 Å². The molecule has 0 aliphatic rings. The van der Waals surface area contributed by atoms with Gasteiger partial charge in [0.15, 0.2) is 0 Å². The number of aromatic nitrogens is 3. The Balaban J connectivity index is 2.45. The molecule has 1 aromatic heterocycles. The van der Waals surface area contributed by atoms with Crippen LogP contribution in [0, 0.1) is 5.41 Å². The molecule has 1 atom stereocenters. The Morgan fingerprint density at radius 1 is 1.38 bits per heavy atom. The lowest BCUT2D eigenvalue weighted by atomic mass is 10.1. The largest absolute Gasteiger partial charge is 0.475 e. The number of hydrogen-bond acceptors (Lipinski definition) is 7. The van der Waals surface area contributed by atoms with Crippen molar-refractivity contribution < 1.29 is 17.9 Å². The van der Waals surface area contributed by atoms with Crippen LogP contribution in [-0.4, -0.2) is 66.3 Å². The lowest BCUT2D eigenvalue weighted by Gasteiger charge is -2.17. The van der Waals surface area contributed by atoms with E-state index in [9.17, 15) is 13.2 Å². The van der Waals surface area contributed by atoms with Crippen LogP contribution in [0.2, 0.25) is 0 Å². The lowest BCUT2D eigenvalue weighted by molar-refractivity contribution is 0.237. The van der Waals surface area contributed by atoms with Gasteiger partial charge in [-0.05, 0) is 40.0 Å². The first-order valence-corrected chi connectivity index (χ1v) is 11.7. The van der Waals surface area contributed by atoms with Crippen LogP contribution in [0.15, 0.2) is 18.5 Å². The first-order chi connectivity index (χ1) is 13.6. The number of urea groups is 1. The van der Waals surface area contributed by atoms with Gasteiger partial charge in [-0.25, -0.2) is 22.9 Å². The molecule has 3 N–H and O–H groups in total. The molecule has 0 aromatic carbocycles. The minimum absolute atomic E-state index is 0.00865. The Morgan fingerprint density at radius 3 is 2.72 bits per heavy atom. The SMILES string of the molecule is CCNC(=O)N[C@H](C/C=C/CCOC(=N)c1ncnn1C(C)C)CCS(C)(=O)=O. The van der Waals surface area contributed by atoms with Gasteiger partial charge < -0.3 is 15.4 Å². The molecule has 0 unspecified atom stereocenters. The van der Waals surface area contributed by atoms with E-state index >= 15 is 0 Å². The zero-order valence-electron chi connectivity index (χ0n) is 17.5. The maximum atomic E-state index is 11.7. The fraction of sp³-hybridized carbons (Fsp3) is 0.667. The van der Waals surface area contributed by atoms with Gasteiger partial charge in [-0.2, -0.15) is 5.10 Å². The Bertz CT molecular complexity index is 788. The number of rotatable bonds is 12. The number of nitrogens with one attached hydrogen (secondary N) is 3. The van der Waals surface area contributed by atoms with Crippen LogP contribution in [0.25, 0.3) is 0 Å². The summed E-state index contributed by atoms with van der Waals surface area (Å²) in [6.45, 7) is 6.50. The van der Waals surface area contributed by atoms with E-state index in [1.54, 1.807) is 4.68 Å². The standard InChI is InChI=1S/C18H32N6O4S/c1-5-20-18(25)23-15(10-12-29(4,26)27)9-7-6-8-11-28-16(19)17-21-13-22-24(17)14(2)3/h6-7,13-15,19H,5,8-12H2,1-4H3,(H2,20,23,25)/b7-6+,19-16?/t15-/m1/s1. The highest BCUT2D eigenvalue weighted by Crippen LogP contribution is 2.07. The molecule has 0 aliphatic carbocycles. The summed E-state index contributed by atoms with van der Waals surface area (Å²) in [5.41, 5.74) is 0. The van der Waals surface area contributed by atoms with Crippen LogP contribution in [0.5, 0.6) is 0 Å². The van der Waals surface area contributed by atoms with Crippen molar-refractivity contribution in [1.29, 1.82) is 5.41 Å². The maximum absolute atomic E-state index is 11.7. The average Bonchev–Trinajstić information content (AvgIpc) is 3.11. The summed E-state index contributed by atoms with van der Waals surface area (Å²) in [5.74, 6) is 0.360. The normalized spacial score (nSPS) is 12.9. The molecule has 1 heterocycles. The monoisotopic (exact) mass is 428 g/mol. The number of hydrogen-bond donors (Lipinski definition) is 3. The molecule has 0 aliphatic heterocycles. The molecular weight excluding hydrogens is 396 g/mol. The molecule has 10 nitrogen and oxygen atoms in total. The van der Waals surface area contributed by atoms with Gasteiger partial charge in [0.2, 0.25) is 5.82 Å². The first kappa shape index (κ1) is 24.6. The zero-order valence-corrected chi connectivity index (χ0v) is 18.3. The quantitative estimate of drug-likeness (QED) is 0.200. The summed E-state index contributed by atoms with van der Waals surface area (Å²) < 4.78 is 29.8. The number of nitrogens with zero attached hydrogens (tertiary/aromatic N) is 3. The highest BCUT2D eigenvalue weighted by Gasteiger charge is 2.14. The van der Waals surface area contributed by atoms with Crippen molar-refractivity contribution in [3.05, 3.63) is 24.3 Å². The highest BCUT2D eigenvalue weighted by atomic mass is 32.2. The van der Waals surface area contributed by atoms with Crippen molar-refractivity contribution >= 4 is 21.8 Å². The van der Waals surface area contributed by atoms with Crippen LogP contribution < -0.4 is 10.6 Å². The van der Waals surface area contributed by atoms with E-state index < -0.39 is 9.84 Å². The molecule has 164 valence electrons. The van der Waals surface area contributed by atoms with Gasteiger partial charge in [0.05, 0.1) is 12.4 Å². The van der Waals surface area contributed by atoms with Crippen LogP contribution in [0.1, 0.15) is 51.9 Å². The summed E-state index contributed by atoms with van der Waals surface area (Å²) in [6, 6.07) is -0.514. The second-order valence-corrected chi connectivity index (χ2v) is 9.17. The second-order valence-electron chi connectivity index (χ2n) is 6.91. The van der Waals surface area contributed by atoms with Gasteiger partial charge in [-0.15, -0.1) is 0 Å². The average molecular weight is 429 g/mol. The summed E-state index contributed by atoms with van der Waals surface area (Å²) in [7, 11) is -3.10. The van der Waals surface area contributed by atoms with E-state index in [1.807, 2.05) is 32.9 Å². The van der Waals surface area contributed by atoms with Gasteiger partial charge in [0.25, 0.3) is 5.90 Å². The predicted molar refractivity (Wildman–Crippen MR) is 112 cm³/mol. The van der Waals surface area contributed by atoms with Crippen molar-refractivity contribution in [2.24, 2.45) is 0 Å². The van der Waals surface area contributed by atoms with Crippen LogP contribution in [0.4, 0.5) is 4.79 Å². The Hall–Kier alpha value is -2.43. The van der Waals surface area contributed by atoms with Gasteiger partial charge >= 0.3 is 6.03 Å². The van der Waals surface area contributed by atoms with Crippen molar-refractivity contribution in [2.75, 3.05) is 25.2 Å². The fourth-order valence-corrected chi connectivity index (χ4v) is 3.18. The molecule has 0 saturated heterocycles. The topological polar surface area (TPSA) is 139 Å². The third kappa shape index (κ3) is 10.1. The molecule has 11 heteroatoms. The van der Waals surface area contributed by atoms with E-state index in [-0.39, 0.29) is 29.8 Å². The highest BCUT2D eigenvalue weighted by molar-refractivity contribution is 7.90. The Kier molecular flexibility index (Phi) is 10.4. The van der Waals surface area contributed by atoms with E-state index in [4.69, 9.17) is 10.1 Å². The van der Waals surface area contributed by atoms with Crippen molar-refractivity contribution in [1.82, 2.24) is 25.4 Å². The molecule has 0 saturated carbocycles. The third-order valence-electron chi connectivity index (χ3n) is 3.89. The maximum Gasteiger partial charge on any atom is 0.315 e. The summed E-state index contributed by atoms with van der Waals surface area (Å²) in [6.07, 6.45) is 7.75. The number of ether oxygens (including phenoxy) is 1. The summed E-state index contributed by atoms with van der Waals surface area (Å²) in [5, 5.41) is 17.5. The molecule has 0 bridgehead atoms. The number of sulfone groups is 1. The number of carbonyl (C=O) groups excluding carboxylic acids is 1. The zero-order chi connectivity index (χ0) is 21.9. The van der Waals surface area contributed by atoms with Crippen molar-refractivity contribution in [3.8, 4) is 0 Å². The number of carbonyl (C=O) groups is 1. The van der Waals surface area contributed by atoms with Gasteiger partial charge in [-0.1, -0.05) is 12.2 Å². The van der Waals surface area contributed by atoms with Crippen molar-refractivity contribution in [3.63, 3.8) is 0 Å². The minimum Gasteiger partial charge on any atom is -0.475 e. The van der Waals surface area contributed by atoms with E-state index in [2.05, 4.69) is 20.7 Å². The predicted octanol–water partition coefficient (Wildman–Crippen LogP) is 1.66. The smallest absolute Gasteiger partial charge is 0.315 e. The molecule has 0 radical (unpaired) electrons. The van der Waals surface area contributed by atoms with Gasteiger partial charge in [0.1, 0.15) is 16.2 Å². The lowest BCUT2D eigenvalue weighted by Crippen LogP contribution is -2.42. The summed E-state index contributed by atoms with van der Waals surface area (Å²) in [4.78, 5) is 15.8. The molecule has 0 fully saturated rings. The fourth-order valence-electron chi connectivity index (χ4n) is 2.46. The third-order valence-corrected chi connectivity index (χ3v) is 4.87. The van der Waals surface area contributed by atoms with Crippen molar-refractivity contribution in [2.45, 2.75) is 52.1 Å². The minimum atomic E-state index is -3.10. The molecule has 0 spiro atoms. The molecular formula is C18H32N6O4S. The number of amides is 2. The van der Waals surface area contributed by atoms with Crippen LogP contribution >= 0.6 is 0 Å².